The number of thiazole rings is 1. The second kappa shape index (κ2) is 8.87. The van der Waals surface area contributed by atoms with Crippen molar-refractivity contribution in [3.05, 3.63) is 34.7 Å². The van der Waals surface area contributed by atoms with Gasteiger partial charge < -0.3 is 10.0 Å². The molecule has 1 N–H and O–H groups in total. The molecule has 146 valence electrons. The van der Waals surface area contributed by atoms with E-state index in [1.165, 1.54) is 23.3 Å². The summed E-state index contributed by atoms with van der Waals surface area (Å²) < 4.78 is 0. The van der Waals surface area contributed by atoms with Gasteiger partial charge in [0.25, 0.3) is 0 Å². The molecule has 0 unspecified atom stereocenters. The molecule has 1 aliphatic rings. The monoisotopic (exact) mass is 386 g/mol. The Labute approximate surface area is 166 Å². The Hall–Kier alpha value is -1.88. The van der Waals surface area contributed by atoms with Crippen LogP contribution in [0.2, 0.25) is 0 Å². The van der Waals surface area contributed by atoms with Gasteiger partial charge in [-0.1, -0.05) is 51.0 Å². The van der Waals surface area contributed by atoms with E-state index in [-0.39, 0.29) is 6.42 Å². The fourth-order valence-corrected chi connectivity index (χ4v) is 4.94. The van der Waals surface area contributed by atoms with E-state index in [0.717, 1.165) is 35.7 Å². The van der Waals surface area contributed by atoms with E-state index in [1.54, 1.807) is 11.3 Å². The first-order chi connectivity index (χ1) is 12.9. The molecule has 1 aliphatic carbocycles. The molecule has 0 radical (unpaired) electrons. The molecular formula is C22H30N2O2S. The fourth-order valence-electron chi connectivity index (χ4n) is 3.91. The van der Waals surface area contributed by atoms with Crippen LogP contribution in [0.3, 0.4) is 0 Å². The number of rotatable bonds is 8. The van der Waals surface area contributed by atoms with Gasteiger partial charge in [0.2, 0.25) is 0 Å². The average Bonchev–Trinajstić information content (AvgIpc) is 3.26. The molecule has 1 saturated carbocycles. The van der Waals surface area contributed by atoms with E-state index in [1.807, 2.05) is 0 Å². The summed E-state index contributed by atoms with van der Waals surface area (Å²) in [6, 6.07) is 9.16. The van der Waals surface area contributed by atoms with Crippen molar-refractivity contribution in [3.8, 4) is 11.3 Å². The van der Waals surface area contributed by atoms with Gasteiger partial charge in [0.1, 0.15) is 0 Å². The maximum Gasteiger partial charge on any atom is 0.305 e. The molecule has 1 fully saturated rings. The van der Waals surface area contributed by atoms with Gasteiger partial charge in [-0.3, -0.25) is 4.79 Å². The summed E-state index contributed by atoms with van der Waals surface area (Å²) in [7, 11) is 0. The Morgan fingerprint density at radius 3 is 2.52 bits per heavy atom. The number of aromatic nitrogens is 1. The predicted molar refractivity (Wildman–Crippen MR) is 113 cm³/mol. The number of carboxylic acids is 1. The Morgan fingerprint density at radius 1 is 1.26 bits per heavy atom. The molecule has 2 aromatic rings. The number of carbonyl (C=O) groups is 1. The lowest BCUT2D eigenvalue weighted by molar-refractivity contribution is -0.136. The van der Waals surface area contributed by atoms with Gasteiger partial charge in [0.05, 0.1) is 12.1 Å². The van der Waals surface area contributed by atoms with Crippen LogP contribution in [0.1, 0.15) is 56.4 Å². The molecule has 0 bridgehead atoms. The summed E-state index contributed by atoms with van der Waals surface area (Å²) in [4.78, 5) is 19.5. The minimum absolute atomic E-state index is 0.161. The maximum absolute atomic E-state index is 11.1. The third-order valence-electron chi connectivity index (χ3n) is 5.23. The van der Waals surface area contributed by atoms with E-state index in [4.69, 9.17) is 10.1 Å². The highest BCUT2D eigenvalue weighted by Gasteiger charge is 2.26. The number of anilines is 1. The zero-order valence-electron chi connectivity index (χ0n) is 16.6. The molecular weight excluding hydrogens is 356 g/mol. The smallest absolute Gasteiger partial charge is 0.305 e. The van der Waals surface area contributed by atoms with Gasteiger partial charge in [-0.2, -0.15) is 0 Å². The summed E-state index contributed by atoms with van der Waals surface area (Å²) in [5.41, 5.74) is 3.53. The lowest BCUT2D eigenvalue weighted by Crippen LogP contribution is -2.35. The van der Waals surface area contributed by atoms with Crippen molar-refractivity contribution < 1.29 is 9.90 Å². The minimum Gasteiger partial charge on any atom is -0.481 e. The Morgan fingerprint density at radius 2 is 1.93 bits per heavy atom. The van der Waals surface area contributed by atoms with Crippen molar-refractivity contribution in [1.29, 1.82) is 0 Å². The van der Waals surface area contributed by atoms with Crippen LogP contribution >= 0.6 is 11.3 Å². The highest BCUT2D eigenvalue weighted by molar-refractivity contribution is 7.16. The standard InChI is InChI=1S/C22H30N2O2S/c1-15(2)14-17-8-10-18(11-9-17)21-16(3)27-22(23-21)24(13-12-20(25)26)19-6-4-5-7-19/h8-11,15,19H,4-7,12-14H2,1-3H3,(H,25,26). The zero-order valence-corrected chi connectivity index (χ0v) is 17.4. The number of aryl methyl sites for hydroxylation is 1. The summed E-state index contributed by atoms with van der Waals surface area (Å²) >= 11 is 1.69. The van der Waals surface area contributed by atoms with Crippen molar-refractivity contribution >= 4 is 22.4 Å². The quantitative estimate of drug-likeness (QED) is 0.647. The second-order valence-electron chi connectivity index (χ2n) is 7.97. The molecule has 0 spiro atoms. The number of carboxylic acid groups (broad SMARTS) is 1. The predicted octanol–water partition coefficient (Wildman–Crippen LogP) is 5.54. The molecule has 0 atom stereocenters. The molecule has 1 aromatic carbocycles. The summed E-state index contributed by atoms with van der Waals surface area (Å²) in [6.45, 7) is 7.13. The molecule has 27 heavy (non-hydrogen) atoms. The third kappa shape index (κ3) is 5.10. The van der Waals surface area contributed by atoms with Crippen molar-refractivity contribution in [2.75, 3.05) is 11.4 Å². The molecule has 4 nitrogen and oxygen atoms in total. The summed E-state index contributed by atoms with van der Waals surface area (Å²) in [5, 5.41) is 10.1. The van der Waals surface area contributed by atoms with E-state index >= 15 is 0 Å². The normalized spacial score (nSPS) is 14.8. The first-order valence-corrected chi connectivity index (χ1v) is 10.8. The molecule has 0 aliphatic heterocycles. The van der Waals surface area contributed by atoms with Crippen molar-refractivity contribution in [2.24, 2.45) is 5.92 Å². The summed E-state index contributed by atoms with van der Waals surface area (Å²) in [6.07, 6.45) is 5.97. The zero-order chi connectivity index (χ0) is 19.4. The van der Waals surface area contributed by atoms with Crippen molar-refractivity contribution in [2.45, 2.75) is 65.3 Å². The lowest BCUT2D eigenvalue weighted by atomic mass is 10.0. The van der Waals surface area contributed by atoms with Crippen LogP contribution < -0.4 is 4.90 Å². The Balaban J connectivity index is 1.83. The van der Waals surface area contributed by atoms with E-state index in [0.29, 0.717) is 18.5 Å². The number of benzene rings is 1. The van der Waals surface area contributed by atoms with Gasteiger partial charge in [-0.25, -0.2) is 4.98 Å². The van der Waals surface area contributed by atoms with Crippen LogP contribution in [0.5, 0.6) is 0 Å². The van der Waals surface area contributed by atoms with Crippen LogP contribution in [0.4, 0.5) is 5.13 Å². The lowest BCUT2D eigenvalue weighted by Gasteiger charge is -2.28. The van der Waals surface area contributed by atoms with E-state index < -0.39 is 5.97 Å². The first kappa shape index (κ1) is 19.9. The first-order valence-electron chi connectivity index (χ1n) is 9.99. The molecule has 5 heteroatoms. The number of nitrogens with zero attached hydrogens (tertiary/aromatic N) is 2. The van der Waals surface area contributed by atoms with Crippen molar-refractivity contribution in [3.63, 3.8) is 0 Å². The third-order valence-corrected chi connectivity index (χ3v) is 6.24. The van der Waals surface area contributed by atoms with Crippen LogP contribution in [0.15, 0.2) is 24.3 Å². The van der Waals surface area contributed by atoms with Gasteiger partial charge >= 0.3 is 5.97 Å². The van der Waals surface area contributed by atoms with Crippen LogP contribution in [-0.2, 0) is 11.2 Å². The minimum atomic E-state index is -0.743. The fraction of sp³-hybridized carbons (Fsp3) is 0.545. The molecule has 0 amide bonds. The van der Waals surface area contributed by atoms with Gasteiger partial charge in [-0.15, -0.1) is 11.3 Å². The van der Waals surface area contributed by atoms with Gasteiger partial charge in [0.15, 0.2) is 5.13 Å². The maximum atomic E-state index is 11.1. The second-order valence-corrected chi connectivity index (χ2v) is 9.15. The average molecular weight is 387 g/mol. The SMILES string of the molecule is Cc1sc(N(CCC(=O)O)C2CCCC2)nc1-c1ccc(CC(C)C)cc1. The molecule has 3 rings (SSSR count). The van der Waals surface area contributed by atoms with Gasteiger partial charge in [0, 0.05) is 23.0 Å². The number of aliphatic carboxylic acids is 1. The van der Waals surface area contributed by atoms with Crippen LogP contribution in [-0.4, -0.2) is 28.6 Å². The molecule has 1 aromatic heterocycles. The largest absolute Gasteiger partial charge is 0.481 e. The molecule has 0 saturated heterocycles. The van der Waals surface area contributed by atoms with E-state index in [9.17, 15) is 4.79 Å². The molecule has 1 heterocycles. The topological polar surface area (TPSA) is 53.4 Å². The Kier molecular flexibility index (Phi) is 6.53. The van der Waals surface area contributed by atoms with E-state index in [2.05, 4.69) is 49.9 Å². The van der Waals surface area contributed by atoms with Crippen LogP contribution in [0.25, 0.3) is 11.3 Å². The Bertz CT molecular complexity index is 761. The highest BCUT2D eigenvalue weighted by Crippen LogP contribution is 2.36. The van der Waals surface area contributed by atoms with Crippen molar-refractivity contribution in [1.82, 2.24) is 4.98 Å². The number of hydrogen-bond acceptors (Lipinski definition) is 4. The highest BCUT2D eigenvalue weighted by atomic mass is 32.1. The summed E-state index contributed by atoms with van der Waals surface area (Å²) in [5.74, 6) is -0.0927. The number of hydrogen-bond donors (Lipinski definition) is 1. The van der Waals surface area contributed by atoms with Crippen LogP contribution in [0, 0.1) is 12.8 Å². The van der Waals surface area contributed by atoms with Gasteiger partial charge in [-0.05, 0) is 37.7 Å².